The first-order valence-electron chi connectivity index (χ1n) is 9.59. The molecule has 1 saturated heterocycles. The molecule has 10 heteroatoms. The molecule has 0 aliphatic carbocycles. The normalized spacial score (nSPS) is 17.3. The van der Waals surface area contributed by atoms with Crippen molar-refractivity contribution < 1.29 is 27.5 Å². The molecular formula is C21H23N3O6S. The Balaban J connectivity index is 1.52. The third-order valence-electron chi connectivity index (χ3n) is 4.88. The quantitative estimate of drug-likeness (QED) is 0.616. The molecule has 1 aliphatic heterocycles. The standard InChI is InChI=1S/C21H23N3O6S/c1-14(20(26)23-17-7-9-18(10-8-17)31(22,28)29)30-21(27)16-11-19(25)24(13-16)12-15-5-3-2-4-6-15/h2-10,14,16H,11-13H2,1H3,(H,23,26)(H2,22,28,29)/t14-,16-/m1/s1. The van der Waals surface area contributed by atoms with Crippen LogP contribution in [0.25, 0.3) is 0 Å². The molecule has 0 unspecified atom stereocenters. The highest BCUT2D eigenvalue weighted by Gasteiger charge is 2.36. The van der Waals surface area contributed by atoms with Gasteiger partial charge in [-0.3, -0.25) is 14.4 Å². The molecule has 3 rings (SSSR count). The van der Waals surface area contributed by atoms with Gasteiger partial charge in [0.1, 0.15) is 0 Å². The van der Waals surface area contributed by atoms with Crippen LogP contribution in [0.2, 0.25) is 0 Å². The lowest BCUT2D eigenvalue weighted by molar-refractivity contribution is -0.157. The van der Waals surface area contributed by atoms with Crippen LogP contribution in [-0.2, 0) is 35.7 Å². The third kappa shape index (κ3) is 5.89. The summed E-state index contributed by atoms with van der Waals surface area (Å²) < 4.78 is 27.8. The minimum absolute atomic E-state index is 0.0367. The fourth-order valence-electron chi connectivity index (χ4n) is 3.18. The van der Waals surface area contributed by atoms with E-state index in [1.165, 1.54) is 31.2 Å². The number of amides is 2. The van der Waals surface area contributed by atoms with Gasteiger partial charge in [0.15, 0.2) is 6.10 Å². The number of sulfonamides is 1. The average molecular weight is 445 g/mol. The summed E-state index contributed by atoms with van der Waals surface area (Å²) in [6.07, 6.45) is -1.06. The molecule has 164 valence electrons. The number of rotatable bonds is 7. The average Bonchev–Trinajstić information content (AvgIpc) is 3.09. The van der Waals surface area contributed by atoms with Gasteiger partial charge in [-0.05, 0) is 36.8 Å². The number of nitrogens with two attached hydrogens (primary N) is 1. The first-order valence-corrected chi connectivity index (χ1v) is 11.1. The largest absolute Gasteiger partial charge is 0.452 e. The van der Waals surface area contributed by atoms with Crippen molar-refractivity contribution in [3.05, 3.63) is 60.2 Å². The lowest BCUT2D eigenvalue weighted by Crippen LogP contribution is -2.33. The number of hydrogen-bond acceptors (Lipinski definition) is 6. The lowest BCUT2D eigenvalue weighted by atomic mass is 10.1. The van der Waals surface area contributed by atoms with E-state index in [1.807, 2.05) is 30.3 Å². The summed E-state index contributed by atoms with van der Waals surface area (Å²) in [4.78, 5) is 38.5. The molecule has 0 saturated carbocycles. The number of carbonyl (C=O) groups is 3. The number of esters is 1. The monoisotopic (exact) mass is 445 g/mol. The van der Waals surface area contributed by atoms with E-state index in [4.69, 9.17) is 9.88 Å². The van der Waals surface area contributed by atoms with E-state index >= 15 is 0 Å². The minimum Gasteiger partial charge on any atom is -0.452 e. The van der Waals surface area contributed by atoms with Gasteiger partial charge in [0.25, 0.3) is 5.91 Å². The summed E-state index contributed by atoms with van der Waals surface area (Å²) in [5, 5.41) is 7.57. The first kappa shape index (κ1) is 22.4. The van der Waals surface area contributed by atoms with Crippen LogP contribution in [0.3, 0.4) is 0 Å². The van der Waals surface area contributed by atoms with Crippen molar-refractivity contribution in [2.45, 2.75) is 30.9 Å². The van der Waals surface area contributed by atoms with Crippen molar-refractivity contribution in [3.63, 3.8) is 0 Å². The zero-order valence-corrected chi connectivity index (χ0v) is 17.7. The summed E-state index contributed by atoms with van der Waals surface area (Å²) >= 11 is 0. The number of anilines is 1. The van der Waals surface area contributed by atoms with Crippen LogP contribution in [0.15, 0.2) is 59.5 Å². The molecule has 0 spiro atoms. The van der Waals surface area contributed by atoms with E-state index < -0.39 is 33.9 Å². The predicted octanol–water partition coefficient (Wildman–Crippen LogP) is 1.25. The maximum absolute atomic E-state index is 12.4. The predicted molar refractivity (Wildman–Crippen MR) is 112 cm³/mol. The van der Waals surface area contributed by atoms with Crippen LogP contribution >= 0.6 is 0 Å². The van der Waals surface area contributed by atoms with Crippen molar-refractivity contribution in [2.75, 3.05) is 11.9 Å². The van der Waals surface area contributed by atoms with Crippen LogP contribution in [0.5, 0.6) is 0 Å². The van der Waals surface area contributed by atoms with Gasteiger partial charge in [-0.25, -0.2) is 13.6 Å². The summed E-state index contributed by atoms with van der Waals surface area (Å²) in [6, 6.07) is 14.7. The Bertz CT molecular complexity index is 1070. The first-order chi connectivity index (χ1) is 14.6. The highest BCUT2D eigenvalue weighted by Crippen LogP contribution is 2.22. The highest BCUT2D eigenvalue weighted by atomic mass is 32.2. The zero-order valence-electron chi connectivity index (χ0n) is 16.9. The van der Waals surface area contributed by atoms with Crippen molar-refractivity contribution in [1.82, 2.24) is 4.90 Å². The van der Waals surface area contributed by atoms with Crippen LogP contribution < -0.4 is 10.5 Å². The van der Waals surface area contributed by atoms with Gasteiger partial charge < -0.3 is 15.0 Å². The number of nitrogens with zero attached hydrogens (tertiary/aromatic N) is 1. The van der Waals surface area contributed by atoms with Crippen molar-refractivity contribution in [1.29, 1.82) is 0 Å². The number of carbonyl (C=O) groups excluding carboxylic acids is 3. The highest BCUT2D eigenvalue weighted by molar-refractivity contribution is 7.89. The summed E-state index contributed by atoms with van der Waals surface area (Å²) in [7, 11) is -3.83. The number of likely N-dealkylation sites (tertiary alicyclic amines) is 1. The van der Waals surface area contributed by atoms with Gasteiger partial charge in [-0.15, -0.1) is 0 Å². The van der Waals surface area contributed by atoms with Crippen LogP contribution in [-0.4, -0.2) is 43.8 Å². The minimum atomic E-state index is -3.83. The Kier molecular flexibility index (Phi) is 6.71. The Hall–Kier alpha value is -3.24. The second-order valence-corrected chi connectivity index (χ2v) is 8.86. The van der Waals surface area contributed by atoms with Crippen LogP contribution in [0.1, 0.15) is 18.9 Å². The Morgan fingerprint density at radius 1 is 1.16 bits per heavy atom. The zero-order chi connectivity index (χ0) is 22.6. The molecule has 3 N–H and O–H groups in total. The van der Waals surface area contributed by atoms with Crippen LogP contribution in [0.4, 0.5) is 5.69 Å². The Morgan fingerprint density at radius 3 is 2.42 bits per heavy atom. The van der Waals surface area contributed by atoms with E-state index in [2.05, 4.69) is 5.32 Å². The molecule has 31 heavy (non-hydrogen) atoms. The molecular weight excluding hydrogens is 422 g/mol. The van der Waals surface area contributed by atoms with Gasteiger partial charge in [0.2, 0.25) is 15.9 Å². The smallest absolute Gasteiger partial charge is 0.312 e. The Morgan fingerprint density at radius 2 is 1.81 bits per heavy atom. The number of benzene rings is 2. The fourth-order valence-corrected chi connectivity index (χ4v) is 3.70. The molecule has 2 amide bonds. The van der Waals surface area contributed by atoms with E-state index in [0.717, 1.165) is 5.56 Å². The van der Waals surface area contributed by atoms with E-state index in [1.54, 1.807) is 4.90 Å². The number of hydrogen-bond donors (Lipinski definition) is 2. The molecule has 1 heterocycles. The van der Waals surface area contributed by atoms with E-state index in [9.17, 15) is 22.8 Å². The number of ether oxygens (including phenoxy) is 1. The molecule has 9 nitrogen and oxygen atoms in total. The maximum Gasteiger partial charge on any atom is 0.312 e. The van der Waals surface area contributed by atoms with Crippen LogP contribution in [0, 0.1) is 5.92 Å². The maximum atomic E-state index is 12.4. The second kappa shape index (κ2) is 9.27. The van der Waals surface area contributed by atoms with Gasteiger partial charge in [0.05, 0.1) is 10.8 Å². The van der Waals surface area contributed by atoms with Crippen molar-refractivity contribution in [2.24, 2.45) is 11.1 Å². The van der Waals surface area contributed by atoms with Crippen molar-refractivity contribution >= 4 is 33.5 Å². The molecule has 1 fully saturated rings. The number of nitrogens with one attached hydrogen (secondary N) is 1. The fraction of sp³-hybridized carbons (Fsp3) is 0.286. The third-order valence-corrected chi connectivity index (χ3v) is 5.81. The molecule has 0 radical (unpaired) electrons. The van der Waals surface area contributed by atoms with Gasteiger partial charge >= 0.3 is 5.97 Å². The summed E-state index contributed by atoms with van der Waals surface area (Å²) in [6.45, 7) is 2.06. The van der Waals surface area contributed by atoms with E-state index in [0.29, 0.717) is 12.2 Å². The SMILES string of the molecule is C[C@@H](OC(=O)[C@@H]1CC(=O)N(Cc2ccccc2)C1)C(=O)Nc1ccc(S(N)(=O)=O)cc1. The molecule has 2 aromatic carbocycles. The topological polar surface area (TPSA) is 136 Å². The molecule has 0 aromatic heterocycles. The molecule has 1 aliphatic rings. The summed E-state index contributed by atoms with van der Waals surface area (Å²) in [5.74, 6) is -1.98. The van der Waals surface area contributed by atoms with Gasteiger partial charge in [-0.1, -0.05) is 30.3 Å². The molecule has 2 atom stereocenters. The van der Waals surface area contributed by atoms with E-state index in [-0.39, 0.29) is 23.8 Å². The van der Waals surface area contributed by atoms with Crippen molar-refractivity contribution in [3.8, 4) is 0 Å². The van der Waals surface area contributed by atoms with Gasteiger partial charge in [0, 0.05) is 25.2 Å². The Labute approximate surface area is 180 Å². The molecule has 0 bridgehead atoms. The lowest BCUT2D eigenvalue weighted by Gasteiger charge is -2.18. The summed E-state index contributed by atoms with van der Waals surface area (Å²) in [5.41, 5.74) is 1.29. The second-order valence-electron chi connectivity index (χ2n) is 7.30. The molecule has 2 aromatic rings. The number of primary sulfonamides is 1. The van der Waals surface area contributed by atoms with Gasteiger partial charge in [-0.2, -0.15) is 0 Å².